The quantitative estimate of drug-likeness (QED) is 0.281. The summed E-state index contributed by atoms with van der Waals surface area (Å²) in [6, 6.07) is 5.06. The second-order valence-electron chi connectivity index (χ2n) is 7.03. The minimum atomic E-state index is -0.627. The van der Waals surface area contributed by atoms with Crippen molar-refractivity contribution >= 4 is 69.1 Å². The van der Waals surface area contributed by atoms with Crippen LogP contribution in [0.15, 0.2) is 23.4 Å². The molecule has 3 aromatic rings. The van der Waals surface area contributed by atoms with Gasteiger partial charge in [0.2, 0.25) is 5.91 Å². The smallest absolute Gasteiger partial charge is 0.348 e. The van der Waals surface area contributed by atoms with Gasteiger partial charge in [0.05, 0.1) is 29.6 Å². The van der Waals surface area contributed by atoms with Crippen LogP contribution in [0.5, 0.6) is 0 Å². The van der Waals surface area contributed by atoms with Crippen LogP contribution < -0.4 is 5.32 Å². The molecule has 3 rings (SSSR count). The number of hydrogen-bond acceptors (Lipinski definition) is 9. The van der Waals surface area contributed by atoms with Crippen molar-refractivity contribution in [2.45, 2.75) is 25.9 Å². The summed E-state index contributed by atoms with van der Waals surface area (Å²) in [5.41, 5.74) is 1.19. The zero-order valence-electron chi connectivity index (χ0n) is 19.3. The van der Waals surface area contributed by atoms with Crippen molar-refractivity contribution in [3.8, 4) is 11.4 Å². The first kappa shape index (κ1) is 27.0. The van der Waals surface area contributed by atoms with E-state index >= 15 is 0 Å². The third kappa shape index (κ3) is 6.16. The number of thioether (sulfide) groups is 1. The van der Waals surface area contributed by atoms with E-state index < -0.39 is 17.8 Å². The van der Waals surface area contributed by atoms with E-state index in [0.29, 0.717) is 32.2 Å². The number of aromatic nitrogens is 3. The molecule has 0 radical (unpaired) electrons. The molecule has 2 heterocycles. The number of thiophene rings is 1. The van der Waals surface area contributed by atoms with E-state index in [1.54, 1.807) is 50.6 Å². The fourth-order valence-electron chi connectivity index (χ4n) is 3.08. The molecule has 0 fully saturated rings. The van der Waals surface area contributed by atoms with Gasteiger partial charge in [0.1, 0.15) is 9.88 Å². The van der Waals surface area contributed by atoms with Crippen LogP contribution in [-0.2, 0) is 21.3 Å². The zero-order valence-corrected chi connectivity index (χ0v) is 22.5. The molecule has 0 bridgehead atoms. The predicted molar refractivity (Wildman–Crippen MR) is 137 cm³/mol. The van der Waals surface area contributed by atoms with Gasteiger partial charge in [-0.1, -0.05) is 35.0 Å². The maximum absolute atomic E-state index is 12.7. The van der Waals surface area contributed by atoms with E-state index in [0.717, 1.165) is 23.1 Å². The molecule has 1 amide bonds. The van der Waals surface area contributed by atoms with Crippen LogP contribution in [0.3, 0.4) is 0 Å². The van der Waals surface area contributed by atoms with Gasteiger partial charge in [0, 0.05) is 17.6 Å². The highest BCUT2D eigenvalue weighted by Gasteiger charge is 2.27. The Morgan fingerprint density at radius 2 is 1.80 bits per heavy atom. The second-order valence-corrected chi connectivity index (χ2v) is 9.83. The van der Waals surface area contributed by atoms with Gasteiger partial charge in [-0.2, -0.15) is 0 Å². The summed E-state index contributed by atoms with van der Waals surface area (Å²) in [4.78, 5) is 37.8. The lowest BCUT2D eigenvalue weighted by Crippen LogP contribution is -2.16. The largest absolute Gasteiger partial charge is 0.462 e. The van der Waals surface area contributed by atoms with E-state index in [4.69, 9.17) is 32.7 Å². The van der Waals surface area contributed by atoms with Gasteiger partial charge in [-0.3, -0.25) is 4.79 Å². The van der Waals surface area contributed by atoms with Gasteiger partial charge >= 0.3 is 11.9 Å². The lowest BCUT2D eigenvalue weighted by atomic mass is 10.1. The normalized spacial score (nSPS) is 10.8. The summed E-state index contributed by atoms with van der Waals surface area (Å²) in [6.07, 6.45) is 0. The van der Waals surface area contributed by atoms with Gasteiger partial charge in [0.25, 0.3) is 0 Å². The number of benzene rings is 1. The van der Waals surface area contributed by atoms with Crippen LogP contribution in [0.2, 0.25) is 10.0 Å². The maximum atomic E-state index is 12.7. The number of hydrogen-bond donors (Lipinski definition) is 1. The van der Waals surface area contributed by atoms with E-state index in [-0.39, 0.29) is 34.4 Å². The summed E-state index contributed by atoms with van der Waals surface area (Å²) in [6.45, 7) is 5.31. The van der Waals surface area contributed by atoms with Crippen molar-refractivity contribution in [3.63, 3.8) is 0 Å². The fraction of sp³-hybridized carbons (Fsp3) is 0.318. The summed E-state index contributed by atoms with van der Waals surface area (Å²) < 4.78 is 11.9. The van der Waals surface area contributed by atoms with Crippen molar-refractivity contribution < 1.29 is 23.9 Å². The molecule has 0 aliphatic carbocycles. The Labute approximate surface area is 220 Å². The minimum absolute atomic E-state index is 0.0196. The zero-order chi connectivity index (χ0) is 25.7. The Hall–Kier alpha value is -2.60. The monoisotopic (exact) mass is 556 g/mol. The number of nitrogens with one attached hydrogen (secondary N) is 1. The maximum Gasteiger partial charge on any atom is 0.348 e. The summed E-state index contributed by atoms with van der Waals surface area (Å²) in [7, 11) is 1.76. The summed E-state index contributed by atoms with van der Waals surface area (Å²) in [5, 5.41) is 12.7. The lowest BCUT2D eigenvalue weighted by molar-refractivity contribution is -0.113. The number of ether oxygens (including phenoxy) is 2. The molecule has 0 spiro atoms. The minimum Gasteiger partial charge on any atom is -0.462 e. The van der Waals surface area contributed by atoms with E-state index in [1.165, 1.54) is 0 Å². The number of halogens is 2. The molecule has 0 aliphatic rings. The average molecular weight is 557 g/mol. The first-order valence-corrected chi connectivity index (χ1v) is 13.0. The molecule has 9 nitrogen and oxygen atoms in total. The molecule has 13 heteroatoms. The Morgan fingerprint density at radius 3 is 2.46 bits per heavy atom. The third-order valence-electron chi connectivity index (χ3n) is 4.68. The molecule has 1 N–H and O–H groups in total. The van der Waals surface area contributed by atoms with Gasteiger partial charge in [-0.05, 0) is 44.5 Å². The summed E-state index contributed by atoms with van der Waals surface area (Å²) in [5.74, 6) is -1.09. The van der Waals surface area contributed by atoms with Crippen LogP contribution >= 0.6 is 46.3 Å². The van der Waals surface area contributed by atoms with Gasteiger partial charge < -0.3 is 19.4 Å². The highest BCUT2D eigenvalue weighted by molar-refractivity contribution is 7.99. The molecule has 1 aromatic carbocycles. The van der Waals surface area contributed by atoms with Crippen LogP contribution in [0.1, 0.15) is 39.4 Å². The highest BCUT2D eigenvalue weighted by Crippen LogP contribution is 2.35. The van der Waals surface area contributed by atoms with E-state index in [9.17, 15) is 14.4 Å². The van der Waals surface area contributed by atoms with Gasteiger partial charge in [-0.25, -0.2) is 9.59 Å². The van der Waals surface area contributed by atoms with Crippen LogP contribution in [0.4, 0.5) is 5.00 Å². The SMILES string of the molecule is CCOC(=O)c1sc(NC(=O)CSc2nnc(-c3ccc(Cl)cc3Cl)n2C)c(C(=O)OCC)c1C. The number of carbonyl (C=O) groups excluding carboxylic acids is 3. The molecule has 0 saturated heterocycles. The van der Waals surface area contributed by atoms with E-state index in [1.807, 2.05) is 0 Å². The van der Waals surface area contributed by atoms with Gasteiger partial charge in [-0.15, -0.1) is 21.5 Å². The van der Waals surface area contributed by atoms with Crippen LogP contribution in [0, 0.1) is 6.92 Å². The molecular weight excluding hydrogens is 535 g/mol. The Kier molecular flexibility index (Phi) is 9.17. The summed E-state index contributed by atoms with van der Waals surface area (Å²) >= 11 is 14.4. The number of esters is 2. The standard InChI is InChI=1S/C22H22Cl2N4O5S2/c1-5-32-20(30)16-11(3)17(21(31)33-6-2)35-19(16)25-15(29)10-34-22-27-26-18(28(22)4)13-8-7-12(23)9-14(13)24/h7-9H,5-6,10H2,1-4H3,(H,25,29). The molecule has 186 valence electrons. The Bertz CT molecular complexity index is 1280. The van der Waals surface area contributed by atoms with Crippen LogP contribution in [0.25, 0.3) is 11.4 Å². The van der Waals surface area contributed by atoms with Crippen molar-refractivity contribution in [1.29, 1.82) is 0 Å². The molecule has 0 aliphatic heterocycles. The third-order valence-corrected chi connectivity index (χ3v) is 7.43. The number of rotatable bonds is 9. The lowest BCUT2D eigenvalue weighted by Gasteiger charge is -2.08. The van der Waals surface area contributed by atoms with Gasteiger partial charge in [0.15, 0.2) is 11.0 Å². The first-order chi connectivity index (χ1) is 16.7. The van der Waals surface area contributed by atoms with Crippen molar-refractivity contribution in [1.82, 2.24) is 14.8 Å². The first-order valence-electron chi connectivity index (χ1n) is 10.4. The Balaban J connectivity index is 1.76. The number of anilines is 1. The predicted octanol–water partition coefficient (Wildman–Crippen LogP) is 5.24. The van der Waals surface area contributed by atoms with E-state index in [2.05, 4.69) is 15.5 Å². The highest BCUT2D eigenvalue weighted by atomic mass is 35.5. The number of nitrogens with zero attached hydrogens (tertiary/aromatic N) is 3. The van der Waals surface area contributed by atoms with Crippen molar-refractivity contribution in [2.75, 3.05) is 24.3 Å². The second kappa shape index (κ2) is 11.9. The van der Waals surface area contributed by atoms with Crippen LogP contribution in [-0.4, -0.2) is 51.6 Å². The molecule has 35 heavy (non-hydrogen) atoms. The molecule has 2 aromatic heterocycles. The van der Waals surface area contributed by atoms with Crippen molar-refractivity contribution in [2.24, 2.45) is 7.05 Å². The van der Waals surface area contributed by atoms with Crippen molar-refractivity contribution in [3.05, 3.63) is 44.2 Å². The molecule has 0 atom stereocenters. The fourth-order valence-corrected chi connectivity index (χ4v) is 5.39. The molecule has 0 unspecified atom stereocenters. The number of carbonyl (C=O) groups is 3. The Morgan fingerprint density at radius 1 is 1.11 bits per heavy atom. The number of amides is 1. The average Bonchev–Trinajstić information content (AvgIpc) is 3.32. The molecule has 0 saturated carbocycles. The topological polar surface area (TPSA) is 112 Å². The molecular formula is C22H22Cl2N4O5S2.